The fourth-order valence-electron chi connectivity index (χ4n) is 2.76. The fraction of sp³-hybridized carbons (Fsp3) is 0.267. The van der Waals surface area contributed by atoms with E-state index in [0.29, 0.717) is 24.9 Å². The topological polar surface area (TPSA) is 74.7 Å². The van der Waals surface area contributed by atoms with Crippen LogP contribution in [0.15, 0.2) is 36.4 Å². The van der Waals surface area contributed by atoms with E-state index in [-0.39, 0.29) is 41.2 Å². The van der Waals surface area contributed by atoms with Crippen LogP contribution in [0.4, 0.5) is 5.69 Å². The van der Waals surface area contributed by atoms with E-state index in [9.17, 15) is 13.2 Å². The summed E-state index contributed by atoms with van der Waals surface area (Å²) in [4.78, 5) is 14.1. The van der Waals surface area contributed by atoms with Gasteiger partial charge in [-0.05, 0) is 30.4 Å². The summed E-state index contributed by atoms with van der Waals surface area (Å²) in [6.07, 6.45) is 0.852. The Balaban J connectivity index is 0.00000176. The average Bonchev–Trinajstić information content (AvgIpc) is 2.70. The molecule has 0 bridgehead atoms. The van der Waals surface area contributed by atoms with Gasteiger partial charge in [-0.2, -0.15) is 8.42 Å². The first-order valence-corrected chi connectivity index (χ1v) is 8.37. The van der Waals surface area contributed by atoms with E-state index in [0.717, 1.165) is 16.5 Å². The second kappa shape index (κ2) is 6.68. The molecule has 1 heterocycles. The predicted octanol–water partition coefficient (Wildman–Crippen LogP) is 1.82. The van der Waals surface area contributed by atoms with Gasteiger partial charge >= 0.3 is 29.6 Å². The molecule has 2 aromatic rings. The van der Waals surface area contributed by atoms with Crippen LogP contribution in [0.1, 0.15) is 23.2 Å². The molecule has 2 aromatic carbocycles. The summed E-state index contributed by atoms with van der Waals surface area (Å²) in [5, 5.41) is 1.98. The number of rotatable bonds is 5. The van der Waals surface area contributed by atoms with E-state index in [1.54, 1.807) is 4.90 Å². The molecule has 1 aliphatic rings. The Morgan fingerprint density at radius 2 is 1.73 bits per heavy atom. The van der Waals surface area contributed by atoms with E-state index in [1.807, 2.05) is 36.4 Å². The molecule has 1 N–H and O–H groups in total. The summed E-state index contributed by atoms with van der Waals surface area (Å²) in [5.41, 5.74) is 1.57. The molecule has 3 rings (SSSR count). The van der Waals surface area contributed by atoms with Gasteiger partial charge in [-0.3, -0.25) is 9.35 Å². The number of anilines is 1. The zero-order chi connectivity index (χ0) is 15.0. The van der Waals surface area contributed by atoms with Crippen molar-refractivity contribution in [2.75, 3.05) is 17.2 Å². The van der Waals surface area contributed by atoms with E-state index < -0.39 is 10.1 Å². The summed E-state index contributed by atoms with van der Waals surface area (Å²) in [6.45, 7) is 0.447. The molecule has 0 fully saturated rings. The van der Waals surface area contributed by atoms with Gasteiger partial charge in [0.15, 0.2) is 0 Å². The normalized spacial score (nSPS) is 13.5. The van der Waals surface area contributed by atoms with Crippen molar-refractivity contribution in [1.29, 1.82) is 0 Å². The Morgan fingerprint density at radius 3 is 2.41 bits per heavy atom. The molecule has 0 spiro atoms. The van der Waals surface area contributed by atoms with Gasteiger partial charge in [-0.15, -0.1) is 0 Å². The van der Waals surface area contributed by atoms with Crippen molar-refractivity contribution in [2.45, 2.75) is 12.8 Å². The first kappa shape index (κ1) is 17.4. The number of benzene rings is 2. The molecule has 22 heavy (non-hydrogen) atoms. The third-order valence-corrected chi connectivity index (χ3v) is 4.49. The van der Waals surface area contributed by atoms with Crippen molar-refractivity contribution in [1.82, 2.24) is 0 Å². The maximum absolute atomic E-state index is 12.4. The molecule has 0 aliphatic carbocycles. The molecule has 0 aromatic heterocycles. The van der Waals surface area contributed by atoms with E-state index >= 15 is 0 Å². The number of carbonyl (C=O) groups is 1. The molecule has 0 radical (unpaired) electrons. The van der Waals surface area contributed by atoms with Gasteiger partial charge in [0, 0.05) is 17.5 Å². The fourth-order valence-corrected chi connectivity index (χ4v) is 3.32. The molecule has 0 saturated heterocycles. The Hall–Kier alpha value is -0.920. The van der Waals surface area contributed by atoms with Crippen molar-refractivity contribution in [3.63, 3.8) is 0 Å². The van der Waals surface area contributed by atoms with E-state index in [1.165, 1.54) is 0 Å². The predicted molar refractivity (Wildman–Crippen MR) is 88.4 cm³/mol. The van der Waals surface area contributed by atoms with Crippen LogP contribution in [0.2, 0.25) is 0 Å². The molecule has 1 aliphatic heterocycles. The minimum absolute atomic E-state index is 0. The molecule has 0 saturated carbocycles. The summed E-state index contributed by atoms with van der Waals surface area (Å²) < 4.78 is 30.1. The molecule has 0 unspecified atom stereocenters. The minimum atomic E-state index is -3.93. The Bertz CT molecular complexity index is 814. The van der Waals surface area contributed by atoms with Crippen LogP contribution >= 0.6 is 0 Å². The Kier molecular flexibility index (Phi) is 5.29. The monoisotopic (exact) mass is 329 g/mol. The van der Waals surface area contributed by atoms with Gasteiger partial charge in [0.2, 0.25) is 0 Å². The third-order valence-electron chi connectivity index (χ3n) is 3.68. The standard InChI is InChI=1S/C15H15NO4S.Na.H/c17-15-12-7-3-5-11-6-4-8-13(14(11)12)16(15)9-1-2-10-21(18,19)20;;/h3-8H,1-2,9-10H2,(H,18,19,20);;. The van der Waals surface area contributed by atoms with Crippen LogP contribution < -0.4 is 4.90 Å². The van der Waals surface area contributed by atoms with Crippen molar-refractivity contribution >= 4 is 62.0 Å². The van der Waals surface area contributed by atoms with Crippen LogP contribution in [0.5, 0.6) is 0 Å². The molecule has 0 atom stereocenters. The zero-order valence-electron chi connectivity index (χ0n) is 11.3. The molecular formula is C15H16NNaO4S. The van der Waals surface area contributed by atoms with E-state index in [4.69, 9.17) is 4.55 Å². The Morgan fingerprint density at radius 1 is 1.05 bits per heavy atom. The first-order valence-electron chi connectivity index (χ1n) is 6.76. The number of carbonyl (C=O) groups excluding carboxylic acids is 1. The molecular weight excluding hydrogens is 313 g/mol. The summed E-state index contributed by atoms with van der Waals surface area (Å²) in [5.74, 6) is -0.319. The maximum atomic E-state index is 12.4. The van der Waals surface area contributed by atoms with Gasteiger partial charge in [-0.1, -0.05) is 24.3 Å². The number of nitrogens with zero attached hydrogens (tertiary/aromatic N) is 1. The SMILES string of the molecule is O=C1c2cccc3cccc(c23)N1CCCCS(=O)(=O)O.[NaH]. The van der Waals surface area contributed by atoms with Crippen LogP contribution in [0, 0.1) is 0 Å². The van der Waals surface area contributed by atoms with E-state index in [2.05, 4.69) is 0 Å². The summed E-state index contributed by atoms with van der Waals surface area (Å²) in [7, 11) is -3.93. The third kappa shape index (κ3) is 3.36. The number of hydrogen-bond donors (Lipinski definition) is 1. The van der Waals surface area contributed by atoms with Gasteiger partial charge < -0.3 is 4.90 Å². The van der Waals surface area contributed by atoms with Crippen LogP contribution in [-0.2, 0) is 10.1 Å². The second-order valence-electron chi connectivity index (χ2n) is 5.13. The number of hydrogen-bond acceptors (Lipinski definition) is 3. The van der Waals surface area contributed by atoms with Gasteiger partial charge in [-0.25, -0.2) is 0 Å². The van der Waals surface area contributed by atoms with Gasteiger partial charge in [0.1, 0.15) is 0 Å². The average molecular weight is 329 g/mol. The van der Waals surface area contributed by atoms with Crippen molar-refractivity contribution in [2.24, 2.45) is 0 Å². The first-order chi connectivity index (χ1) is 9.97. The van der Waals surface area contributed by atoms with Crippen LogP contribution in [-0.4, -0.2) is 60.7 Å². The van der Waals surface area contributed by atoms with Crippen LogP contribution in [0.3, 0.4) is 0 Å². The van der Waals surface area contributed by atoms with Crippen molar-refractivity contribution < 1.29 is 17.8 Å². The van der Waals surface area contributed by atoms with Crippen molar-refractivity contribution in [3.05, 3.63) is 42.0 Å². The number of amides is 1. The summed E-state index contributed by atoms with van der Waals surface area (Å²) in [6, 6.07) is 11.4. The van der Waals surface area contributed by atoms with Gasteiger partial charge in [0.05, 0.1) is 11.4 Å². The number of unbranched alkanes of at least 4 members (excludes halogenated alkanes) is 1. The molecule has 1 amide bonds. The molecule has 7 heteroatoms. The summed E-state index contributed by atoms with van der Waals surface area (Å²) >= 11 is 0. The van der Waals surface area contributed by atoms with Crippen LogP contribution in [0.25, 0.3) is 10.8 Å². The second-order valence-corrected chi connectivity index (χ2v) is 6.70. The van der Waals surface area contributed by atoms with Crippen molar-refractivity contribution in [3.8, 4) is 0 Å². The Labute approximate surface area is 151 Å². The quantitative estimate of drug-likeness (QED) is 0.516. The molecule has 5 nitrogen and oxygen atoms in total. The van der Waals surface area contributed by atoms with Gasteiger partial charge in [0.25, 0.3) is 16.0 Å². The molecule has 112 valence electrons. The zero-order valence-corrected chi connectivity index (χ0v) is 12.1.